The average molecular weight is 267 g/mol. The number of hydrogen-bond donors (Lipinski definition) is 1. The molecule has 0 radical (unpaired) electrons. The lowest BCUT2D eigenvalue weighted by molar-refractivity contribution is 0.0950. The minimum Gasteiger partial charge on any atom is -0.441 e. The number of carbonyl (C=O) groups is 1. The fraction of sp³-hybridized carbons (Fsp3) is 0.133. The van der Waals surface area contributed by atoms with Crippen LogP contribution in [0.2, 0.25) is 0 Å². The fourth-order valence-corrected chi connectivity index (χ4v) is 1.96. The third-order valence-electron chi connectivity index (χ3n) is 2.91. The Morgan fingerprint density at radius 2 is 2.20 bits per heavy atom. The molecule has 5 heteroatoms. The molecule has 0 aliphatic rings. The Kier molecular flexibility index (Phi) is 3.16. The summed E-state index contributed by atoms with van der Waals surface area (Å²) in [5, 5.41) is 2.83. The standard InChI is InChI=1S/C15H13N3O2/c1-10-18-13-8-11(5-6-14(13)20-10)15(19)17-9-12-4-2-3-7-16-12/h2-8H,9H2,1H3,(H,17,19). The molecule has 0 aliphatic carbocycles. The van der Waals surface area contributed by atoms with Crippen LogP contribution in [0.1, 0.15) is 21.9 Å². The lowest BCUT2D eigenvalue weighted by atomic mass is 10.2. The first kappa shape index (κ1) is 12.3. The average Bonchev–Trinajstić information content (AvgIpc) is 2.85. The van der Waals surface area contributed by atoms with Crippen molar-refractivity contribution in [3.8, 4) is 0 Å². The maximum Gasteiger partial charge on any atom is 0.251 e. The van der Waals surface area contributed by atoms with Crippen molar-refractivity contribution in [3.63, 3.8) is 0 Å². The molecule has 1 aromatic carbocycles. The number of nitrogens with one attached hydrogen (secondary N) is 1. The molecule has 2 aromatic heterocycles. The Hall–Kier alpha value is -2.69. The summed E-state index contributed by atoms with van der Waals surface area (Å²) >= 11 is 0. The second kappa shape index (κ2) is 5.13. The summed E-state index contributed by atoms with van der Waals surface area (Å²) in [7, 11) is 0. The number of benzene rings is 1. The van der Waals surface area contributed by atoms with Crippen molar-refractivity contribution in [3.05, 3.63) is 59.7 Å². The molecular formula is C15H13N3O2. The highest BCUT2D eigenvalue weighted by molar-refractivity contribution is 5.97. The number of amides is 1. The van der Waals surface area contributed by atoms with Crippen molar-refractivity contribution in [1.29, 1.82) is 0 Å². The highest BCUT2D eigenvalue weighted by atomic mass is 16.3. The van der Waals surface area contributed by atoms with Crippen molar-refractivity contribution in [2.24, 2.45) is 0 Å². The van der Waals surface area contributed by atoms with E-state index >= 15 is 0 Å². The smallest absolute Gasteiger partial charge is 0.251 e. The molecule has 2 heterocycles. The quantitative estimate of drug-likeness (QED) is 0.791. The van der Waals surface area contributed by atoms with Crippen molar-refractivity contribution in [2.75, 3.05) is 0 Å². The normalized spacial score (nSPS) is 10.7. The molecule has 0 spiro atoms. The van der Waals surface area contributed by atoms with Gasteiger partial charge in [0.05, 0.1) is 12.2 Å². The second-order valence-corrected chi connectivity index (χ2v) is 4.42. The number of pyridine rings is 1. The Morgan fingerprint density at radius 1 is 1.30 bits per heavy atom. The van der Waals surface area contributed by atoms with Crippen molar-refractivity contribution >= 4 is 17.0 Å². The molecule has 0 fully saturated rings. The van der Waals surface area contributed by atoms with Crippen LogP contribution in [0.25, 0.3) is 11.1 Å². The third-order valence-corrected chi connectivity index (χ3v) is 2.91. The molecule has 100 valence electrons. The third kappa shape index (κ3) is 2.51. The van der Waals surface area contributed by atoms with Crippen LogP contribution in [0.5, 0.6) is 0 Å². The lowest BCUT2D eigenvalue weighted by Gasteiger charge is -2.04. The predicted molar refractivity (Wildman–Crippen MR) is 74.2 cm³/mol. The van der Waals surface area contributed by atoms with E-state index in [2.05, 4.69) is 15.3 Å². The topological polar surface area (TPSA) is 68.0 Å². The number of rotatable bonds is 3. The van der Waals surface area contributed by atoms with Gasteiger partial charge in [0.15, 0.2) is 11.5 Å². The summed E-state index contributed by atoms with van der Waals surface area (Å²) in [6, 6.07) is 10.8. The first-order chi connectivity index (χ1) is 9.72. The molecule has 0 saturated heterocycles. The molecule has 3 aromatic rings. The first-order valence-electron chi connectivity index (χ1n) is 6.28. The van der Waals surface area contributed by atoms with Crippen LogP contribution in [0.15, 0.2) is 47.0 Å². The second-order valence-electron chi connectivity index (χ2n) is 4.42. The van der Waals surface area contributed by atoms with Gasteiger partial charge in [0.2, 0.25) is 0 Å². The van der Waals surface area contributed by atoms with Gasteiger partial charge in [-0.25, -0.2) is 4.98 Å². The van der Waals surface area contributed by atoms with Crippen LogP contribution >= 0.6 is 0 Å². The van der Waals surface area contributed by atoms with Crippen LogP contribution in [0.4, 0.5) is 0 Å². The summed E-state index contributed by atoms with van der Waals surface area (Å²) in [4.78, 5) is 20.4. The maximum atomic E-state index is 12.1. The SMILES string of the molecule is Cc1nc2cc(C(=O)NCc3ccccn3)ccc2o1. The van der Waals surface area contributed by atoms with E-state index < -0.39 is 0 Å². The Balaban J connectivity index is 1.75. The Bertz CT molecular complexity index is 750. The largest absolute Gasteiger partial charge is 0.441 e. The van der Waals surface area contributed by atoms with E-state index in [9.17, 15) is 4.79 Å². The predicted octanol–water partition coefficient (Wildman–Crippen LogP) is 2.46. The molecule has 1 amide bonds. The Morgan fingerprint density at radius 3 is 3.00 bits per heavy atom. The van der Waals surface area contributed by atoms with Crippen LogP contribution in [0.3, 0.4) is 0 Å². The number of hydrogen-bond acceptors (Lipinski definition) is 4. The van der Waals surface area contributed by atoms with Crippen molar-refractivity contribution < 1.29 is 9.21 Å². The van der Waals surface area contributed by atoms with Gasteiger partial charge < -0.3 is 9.73 Å². The van der Waals surface area contributed by atoms with E-state index in [1.54, 1.807) is 31.3 Å². The monoisotopic (exact) mass is 267 g/mol. The molecule has 0 atom stereocenters. The van der Waals surface area contributed by atoms with Gasteiger partial charge in [-0.15, -0.1) is 0 Å². The summed E-state index contributed by atoms with van der Waals surface area (Å²) in [6.45, 7) is 2.18. The van der Waals surface area contributed by atoms with Crippen molar-refractivity contribution in [1.82, 2.24) is 15.3 Å². The van der Waals surface area contributed by atoms with Gasteiger partial charge in [-0.2, -0.15) is 0 Å². The highest BCUT2D eigenvalue weighted by Gasteiger charge is 2.09. The van der Waals surface area contributed by atoms with E-state index in [0.29, 0.717) is 29.1 Å². The van der Waals surface area contributed by atoms with Gasteiger partial charge in [-0.1, -0.05) is 6.07 Å². The van der Waals surface area contributed by atoms with Crippen molar-refractivity contribution in [2.45, 2.75) is 13.5 Å². The molecule has 20 heavy (non-hydrogen) atoms. The fourth-order valence-electron chi connectivity index (χ4n) is 1.96. The highest BCUT2D eigenvalue weighted by Crippen LogP contribution is 2.16. The van der Waals surface area contributed by atoms with Gasteiger partial charge in [0, 0.05) is 18.7 Å². The molecule has 0 aliphatic heterocycles. The zero-order chi connectivity index (χ0) is 13.9. The van der Waals surface area contributed by atoms with E-state index in [1.165, 1.54) is 0 Å². The van der Waals surface area contributed by atoms with Gasteiger partial charge in [0.25, 0.3) is 5.91 Å². The number of aromatic nitrogens is 2. The number of oxazole rings is 1. The van der Waals surface area contributed by atoms with Crippen LogP contribution < -0.4 is 5.32 Å². The van der Waals surface area contributed by atoms with Crippen LogP contribution in [0, 0.1) is 6.92 Å². The summed E-state index contributed by atoms with van der Waals surface area (Å²) in [6.07, 6.45) is 1.70. The summed E-state index contributed by atoms with van der Waals surface area (Å²) in [5.74, 6) is 0.434. The minimum absolute atomic E-state index is 0.154. The molecule has 1 N–H and O–H groups in total. The van der Waals surface area contributed by atoms with E-state index in [1.807, 2.05) is 18.2 Å². The zero-order valence-electron chi connectivity index (χ0n) is 11.0. The molecule has 5 nitrogen and oxygen atoms in total. The molecule has 0 bridgehead atoms. The number of fused-ring (bicyclic) bond motifs is 1. The van der Waals surface area contributed by atoms with Gasteiger partial charge in [-0.05, 0) is 30.3 Å². The zero-order valence-corrected chi connectivity index (χ0v) is 11.0. The summed E-state index contributed by atoms with van der Waals surface area (Å²) in [5.41, 5.74) is 2.75. The van der Waals surface area contributed by atoms with Gasteiger partial charge in [-0.3, -0.25) is 9.78 Å². The first-order valence-corrected chi connectivity index (χ1v) is 6.28. The minimum atomic E-state index is -0.154. The summed E-state index contributed by atoms with van der Waals surface area (Å²) < 4.78 is 5.38. The number of aryl methyl sites for hydroxylation is 1. The Labute approximate surface area is 115 Å². The van der Waals surface area contributed by atoms with E-state index in [4.69, 9.17) is 4.42 Å². The van der Waals surface area contributed by atoms with Crippen LogP contribution in [-0.4, -0.2) is 15.9 Å². The molecular weight excluding hydrogens is 254 g/mol. The number of carbonyl (C=O) groups excluding carboxylic acids is 1. The molecule has 0 saturated carbocycles. The van der Waals surface area contributed by atoms with E-state index in [0.717, 1.165) is 5.69 Å². The lowest BCUT2D eigenvalue weighted by Crippen LogP contribution is -2.23. The van der Waals surface area contributed by atoms with Crippen LogP contribution in [-0.2, 0) is 6.54 Å². The van der Waals surface area contributed by atoms with Gasteiger partial charge in [0.1, 0.15) is 5.52 Å². The number of nitrogens with zero attached hydrogens (tertiary/aromatic N) is 2. The van der Waals surface area contributed by atoms with E-state index in [-0.39, 0.29) is 5.91 Å². The maximum absolute atomic E-state index is 12.1. The molecule has 3 rings (SSSR count). The molecule has 0 unspecified atom stereocenters. The van der Waals surface area contributed by atoms with Gasteiger partial charge >= 0.3 is 0 Å².